The van der Waals surface area contributed by atoms with Crippen LogP contribution in [0.25, 0.3) is 0 Å². The van der Waals surface area contributed by atoms with Crippen LogP contribution in [0.15, 0.2) is 12.2 Å². The van der Waals surface area contributed by atoms with E-state index >= 15 is 0 Å². The minimum atomic E-state index is -1.07. The second-order valence-electron chi connectivity index (χ2n) is 3.14. The van der Waals surface area contributed by atoms with E-state index in [1.807, 2.05) is 0 Å². The summed E-state index contributed by atoms with van der Waals surface area (Å²) in [6.07, 6.45) is 2.15. The van der Waals surface area contributed by atoms with Gasteiger partial charge in [0.25, 0.3) is 0 Å². The Morgan fingerprint density at radius 3 is 2.50 bits per heavy atom. The van der Waals surface area contributed by atoms with Gasteiger partial charge in [0, 0.05) is 6.08 Å². The summed E-state index contributed by atoms with van der Waals surface area (Å²) >= 11 is 0. The van der Waals surface area contributed by atoms with Crippen LogP contribution in [-0.2, 0) is 14.3 Å². The average molecular weight is 201 g/mol. The van der Waals surface area contributed by atoms with Crippen LogP contribution < -0.4 is 5.73 Å². The molecule has 0 rings (SSSR count). The molecule has 0 radical (unpaired) electrons. The molecule has 3 N–H and O–H groups in total. The molecule has 0 saturated heterocycles. The van der Waals surface area contributed by atoms with Gasteiger partial charge in [-0.3, -0.25) is 4.79 Å². The molecule has 0 aliphatic heterocycles. The lowest BCUT2D eigenvalue weighted by atomic mass is 10.1. The maximum absolute atomic E-state index is 11.1. The molecule has 0 heterocycles. The normalized spacial score (nSPS) is 13.1. The maximum Gasteiger partial charge on any atom is 0.328 e. The van der Waals surface area contributed by atoms with E-state index in [1.165, 1.54) is 6.08 Å². The van der Waals surface area contributed by atoms with E-state index in [1.54, 1.807) is 13.8 Å². The lowest BCUT2D eigenvalue weighted by Crippen LogP contribution is -2.37. The lowest BCUT2D eigenvalue weighted by Gasteiger charge is -2.13. The Morgan fingerprint density at radius 2 is 2.07 bits per heavy atom. The maximum atomic E-state index is 11.1. The molecule has 0 bridgehead atoms. The number of aliphatic carboxylic acids is 1. The van der Waals surface area contributed by atoms with Crippen LogP contribution >= 0.6 is 0 Å². The smallest absolute Gasteiger partial charge is 0.328 e. The molecular formula is C9H15NO4. The minimum Gasteiger partial charge on any atom is -0.478 e. The summed E-state index contributed by atoms with van der Waals surface area (Å²) in [5.41, 5.74) is 5.49. The van der Waals surface area contributed by atoms with E-state index in [-0.39, 0.29) is 12.5 Å². The van der Waals surface area contributed by atoms with Gasteiger partial charge < -0.3 is 15.6 Å². The monoisotopic (exact) mass is 201 g/mol. The van der Waals surface area contributed by atoms with Crippen molar-refractivity contribution in [3.63, 3.8) is 0 Å². The van der Waals surface area contributed by atoms with E-state index in [0.717, 1.165) is 6.08 Å². The van der Waals surface area contributed by atoms with Gasteiger partial charge >= 0.3 is 11.9 Å². The number of esters is 1. The summed E-state index contributed by atoms with van der Waals surface area (Å²) in [6, 6.07) is -0.659. The van der Waals surface area contributed by atoms with E-state index in [9.17, 15) is 9.59 Å². The molecule has 80 valence electrons. The molecule has 0 saturated carbocycles. The molecule has 1 atom stereocenters. The van der Waals surface area contributed by atoms with Gasteiger partial charge in [-0.2, -0.15) is 0 Å². The van der Waals surface area contributed by atoms with Crippen molar-refractivity contribution in [3.05, 3.63) is 12.2 Å². The highest BCUT2D eigenvalue weighted by Crippen LogP contribution is 2.00. The van der Waals surface area contributed by atoms with Crippen molar-refractivity contribution in [2.75, 3.05) is 6.61 Å². The minimum absolute atomic E-state index is 0.00551. The molecule has 0 unspecified atom stereocenters. The third-order valence-corrected chi connectivity index (χ3v) is 1.57. The van der Waals surface area contributed by atoms with Crippen molar-refractivity contribution in [2.45, 2.75) is 19.9 Å². The molecule has 0 aliphatic rings. The van der Waals surface area contributed by atoms with Crippen LogP contribution in [0.2, 0.25) is 0 Å². The molecular weight excluding hydrogens is 186 g/mol. The summed E-state index contributed by atoms with van der Waals surface area (Å²) < 4.78 is 4.70. The lowest BCUT2D eigenvalue weighted by molar-refractivity contribution is -0.145. The standard InChI is InChI=1S/C9H15NO4/c1-6(2)8(10)9(13)14-5-3-4-7(11)12/h3-4,6,8H,5,10H2,1-2H3,(H,11,12)/t8-/m0/s1. The number of hydrogen-bond donors (Lipinski definition) is 2. The first-order chi connectivity index (χ1) is 6.45. The first-order valence-electron chi connectivity index (χ1n) is 4.26. The summed E-state index contributed by atoms with van der Waals surface area (Å²) in [6.45, 7) is 3.55. The zero-order valence-electron chi connectivity index (χ0n) is 8.27. The van der Waals surface area contributed by atoms with Gasteiger partial charge in [-0.1, -0.05) is 13.8 Å². The molecule has 0 amide bonds. The number of carboxylic acid groups (broad SMARTS) is 1. The van der Waals surface area contributed by atoms with Gasteiger partial charge in [0.15, 0.2) is 0 Å². The molecule has 5 nitrogen and oxygen atoms in total. The number of carbonyl (C=O) groups is 2. The zero-order valence-corrected chi connectivity index (χ0v) is 8.27. The molecule has 0 aliphatic carbocycles. The highest BCUT2D eigenvalue weighted by Gasteiger charge is 2.17. The Balaban J connectivity index is 3.80. The van der Waals surface area contributed by atoms with E-state index < -0.39 is 18.0 Å². The number of rotatable bonds is 5. The van der Waals surface area contributed by atoms with Gasteiger partial charge in [-0.05, 0) is 12.0 Å². The number of nitrogens with two attached hydrogens (primary N) is 1. The quantitative estimate of drug-likeness (QED) is 0.488. The first-order valence-corrected chi connectivity index (χ1v) is 4.26. The largest absolute Gasteiger partial charge is 0.478 e. The molecule has 0 spiro atoms. The predicted octanol–water partition coefficient (Wildman–Crippen LogP) is 0.154. The fourth-order valence-corrected chi connectivity index (χ4v) is 0.648. The zero-order chi connectivity index (χ0) is 11.1. The Morgan fingerprint density at radius 1 is 1.50 bits per heavy atom. The van der Waals surface area contributed by atoms with Crippen LogP contribution in [0.4, 0.5) is 0 Å². The molecule has 5 heteroatoms. The average Bonchev–Trinajstić information content (AvgIpc) is 2.10. The number of carboxylic acids is 1. The van der Waals surface area contributed by atoms with Crippen LogP contribution in [0, 0.1) is 5.92 Å². The SMILES string of the molecule is CC(C)[C@H](N)C(=O)OCC=CC(=O)O. The second-order valence-corrected chi connectivity index (χ2v) is 3.14. The van der Waals surface area contributed by atoms with E-state index in [4.69, 9.17) is 15.6 Å². The second kappa shape index (κ2) is 6.15. The van der Waals surface area contributed by atoms with Gasteiger partial charge in [0.1, 0.15) is 12.6 Å². The van der Waals surface area contributed by atoms with Crippen LogP contribution in [0.1, 0.15) is 13.8 Å². The van der Waals surface area contributed by atoms with Crippen molar-refractivity contribution >= 4 is 11.9 Å². The van der Waals surface area contributed by atoms with Crippen molar-refractivity contribution in [1.29, 1.82) is 0 Å². The first kappa shape index (κ1) is 12.6. The van der Waals surface area contributed by atoms with Gasteiger partial charge in [0.2, 0.25) is 0 Å². The van der Waals surface area contributed by atoms with Crippen molar-refractivity contribution in [2.24, 2.45) is 11.7 Å². The molecule has 0 fully saturated rings. The summed E-state index contributed by atoms with van der Waals surface area (Å²) in [4.78, 5) is 21.1. The third kappa shape index (κ3) is 5.31. The van der Waals surface area contributed by atoms with E-state index in [2.05, 4.69) is 0 Å². The van der Waals surface area contributed by atoms with Crippen LogP contribution in [-0.4, -0.2) is 29.7 Å². The summed E-state index contributed by atoms with van der Waals surface area (Å²) in [5.74, 6) is -1.59. The third-order valence-electron chi connectivity index (χ3n) is 1.57. The highest BCUT2D eigenvalue weighted by atomic mass is 16.5. The van der Waals surface area contributed by atoms with E-state index in [0.29, 0.717) is 0 Å². The topological polar surface area (TPSA) is 89.6 Å². The Kier molecular flexibility index (Phi) is 5.55. The fraction of sp³-hybridized carbons (Fsp3) is 0.556. The van der Waals surface area contributed by atoms with Gasteiger partial charge in [0.05, 0.1) is 0 Å². The Labute approximate surface area is 82.5 Å². The highest BCUT2D eigenvalue weighted by molar-refractivity contribution is 5.80. The van der Waals surface area contributed by atoms with Crippen molar-refractivity contribution < 1.29 is 19.4 Å². The fourth-order valence-electron chi connectivity index (χ4n) is 0.648. The van der Waals surface area contributed by atoms with Crippen LogP contribution in [0.5, 0.6) is 0 Å². The Bertz CT molecular complexity index is 235. The molecule has 0 aromatic rings. The van der Waals surface area contributed by atoms with Gasteiger partial charge in [-0.15, -0.1) is 0 Å². The van der Waals surface area contributed by atoms with Crippen molar-refractivity contribution in [3.8, 4) is 0 Å². The van der Waals surface area contributed by atoms with Crippen LogP contribution in [0.3, 0.4) is 0 Å². The molecule has 14 heavy (non-hydrogen) atoms. The Hall–Kier alpha value is -1.36. The van der Waals surface area contributed by atoms with Gasteiger partial charge in [-0.25, -0.2) is 4.79 Å². The van der Waals surface area contributed by atoms with Crippen molar-refractivity contribution in [1.82, 2.24) is 0 Å². The molecule has 0 aromatic carbocycles. The predicted molar refractivity (Wildman–Crippen MR) is 50.5 cm³/mol. The number of carbonyl (C=O) groups excluding carboxylic acids is 1. The number of hydrogen-bond acceptors (Lipinski definition) is 4. The summed E-state index contributed by atoms with van der Waals surface area (Å²) in [5, 5.41) is 8.22. The summed E-state index contributed by atoms with van der Waals surface area (Å²) in [7, 11) is 0. The number of ether oxygens (including phenoxy) is 1. The molecule has 0 aromatic heterocycles.